The van der Waals surface area contributed by atoms with Gasteiger partial charge in [0.2, 0.25) is 0 Å². The zero-order valence-corrected chi connectivity index (χ0v) is 16.9. The van der Waals surface area contributed by atoms with Crippen molar-refractivity contribution >= 4 is 0 Å². The molecule has 4 rings (SSSR count). The van der Waals surface area contributed by atoms with Crippen LogP contribution in [0.1, 0.15) is 35.2 Å². The molecule has 1 heterocycles. The molecular formula is C26H24N2O2. The molecule has 30 heavy (non-hydrogen) atoms. The normalized spacial score (nSPS) is 11.6. The molecule has 4 heteroatoms. The van der Waals surface area contributed by atoms with E-state index in [2.05, 4.69) is 29.3 Å². The van der Waals surface area contributed by atoms with Crippen LogP contribution in [0, 0.1) is 0 Å². The monoisotopic (exact) mass is 396 g/mol. The lowest BCUT2D eigenvalue weighted by Gasteiger charge is -2.15. The summed E-state index contributed by atoms with van der Waals surface area (Å²) >= 11 is 0. The first-order valence-electron chi connectivity index (χ1n) is 10.1. The Morgan fingerprint density at radius 2 is 1.20 bits per heavy atom. The van der Waals surface area contributed by atoms with E-state index in [9.17, 15) is 0 Å². The van der Waals surface area contributed by atoms with Crippen molar-refractivity contribution in [2.45, 2.75) is 26.1 Å². The minimum atomic E-state index is 0.0981. The fourth-order valence-corrected chi connectivity index (χ4v) is 3.17. The summed E-state index contributed by atoms with van der Waals surface area (Å²) in [5.41, 5.74) is 4.17. The number of rotatable bonds is 8. The zero-order chi connectivity index (χ0) is 20.6. The van der Waals surface area contributed by atoms with Crippen LogP contribution in [-0.4, -0.2) is 10.2 Å². The number of hydrogen-bond donors (Lipinski definition) is 0. The minimum Gasteiger partial charge on any atom is -0.483 e. The molecule has 0 aliphatic carbocycles. The van der Waals surface area contributed by atoms with Gasteiger partial charge in [0.15, 0.2) is 5.75 Å². The van der Waals surface area contributed by atoms with Crippen LogP contribution >= 0.6 is 0 Å². The standard InChI is InChI=1S/C26H24N2O2/c1-20(23-15-9-4-10-16-23)24-17-25(29-18-21-11-5-2-6-12-21)26(28-27-24)30-19-22-13-7-3-8-14-22/h2-17,20H,18-19H2,1H3. The molecule has 0 bridgehead atoms. The third-order valence-electron chi connectivity index (χ3n) is 4.94. The molecule has 1 unspecified atom stereocenters. The summed E-state index contributed by atoms with van der Waals surface area (Å²) in [5, 5.41) is 8.78. The topological polar surface area (TPSA) is 44.2 Å². The predicted octanol–water partition coefficient (Wildman–Crippen LogP) is 5.79. The van der Waals surface area contributed by atoms with Crippen molar-refractivity contribution in [1.29, 1.82) is 0 Å². The van der Waals surface area contributed by atoms with Crippen LogP contribution in [0.15, 0.2) is 97.1 Å². The summed E-state index contributed by atoms with van der Waals surface area (Å²) in [7, 11) is 0. The highest BCUT2D eigenvalue weighted by molar-refractivity contribution is 5.38. The van der Waals surface area contributed by atoms with Crippen molar-refractivity contribution in [1.82, 2.24) is 10.2 Å². The molecule has 1 aromatic heterocycles. The summed E-state index contributed by atoms with van der Waals surface area (Å²) in [5.74, 6) is 1.10. The van der Waals surface area contributed by atoms with Gasteiger partial charge in [-0.1, -0.05) is 97.9 Å². The third-order valence-corrected chi connectivity index (χ3v) is 4.94. The smallest absolute Gasteiger partial charge is 0.276 e. The Morgan fingerprint density at radius 1 is 0.667 bits per heavy atom. The molecule has 0 amide bonds. The van der Waals surface area contributed by atoms with E-state index in [4.69, 9.17) is 9.47 Å². The molecule has 4 aromatic rings. The van der Waals surface area contributed by atoms with Crippen LogP contribution < -0.4 is 9.47 Å². The molecule has 0 fully saturated rings. The fraction of sp³-hybridized carbons (Fsp3) is 0.154. The molecule has 0 saturated heterocycles. The van der Waals surface area contributed by atoms with Crippen LogP contribution in [0.2, 0.25) is 0 Å². The van der Waals surface area contributed by atoms with Crippen LogP contribution in [0.4, 0.5) is 0 Å². The quantitative estimate of drug-likeness (QED) is 0.378. The number of aromatic nitrogens is 2. The third kappa shape index (κ3) is 5.03. The lowest BCUT2D eigenvalue weighted by Crippen LogP contribution is -2.07. The largest absolute Gasteiger partial charge is 0.483 e. The van der Waals surface area contributed by atoms with E-state index >= 15 is 0 Å². The molecule has 0 aliphatic heterocycles. The molecule has 0 N–H and O–H groups in total. The molecule has 0 radical (unpaired) electrons. The van der Waals surface area contributed by atoms with E-state index < -0.39 is 0 Å². The van der Waals surface area contributed by atoms with Crippen molar-refractivity contribution in [2.75, 3.05) is 0 Å². The lowest BCUT2D eigenvalue weighted by molar-refractivity contribution is 0.243. The van der Waals surface area contributed by atoms with Gasteiger partial charge >= 0.3 is 0 Å². The summed E-state index contributed by atoms with van der Waals surface area (Å²) in [4.78, 5) is 0. The summed E-state index contributed by atoms with van der Waals surface area (Å²) < 4.78 is 12.1. The van der Waals surface area contributed by atoms with Crippen molar-refractivity contribution in [3.63, 3.8) is 0 Å². The van der Waals surface area contributed by atoms with Gasteiger partial charge in [0, 0.05) is 12.0 Å². The van der Waals surface area contributed by atoms with E-state index in [0.29, 0.717) is 24.8 Å². The number of hydrogen-bond acceptors (Lipinski definition) is 4. The Morgan fingerprint density at radius 3 is 1.80 bits per heavy atom. The van der Waals surface area contributed by atoms with Crippen LogP contribution in [-0.2, 0) is 13.2 Å². The summed E-state index contributed by atoms with van der Waals surface area (Å²) in [6.45, 7) is 2.96. The first kappa shape index (κ1) is 19.6. The highest BCUT2D eigenvalue weighted by atomic mass is 16.5. The Hall–Kier alpha value is -3.66. The fourth-order valence-electron chi connectivity index (χ4n) is 3.17. The van der Waals surface area contributed by atoms with Gasteiger partial charge in [0.25, 0.3) is 5.88 Å². The van der Waals surface area contributed by atoms with Crippen LogP contribution in [0.25, 0.3) is 0 Å². The highest BCUT2D eigenvalue weighted by Crippen LogP contribution is 2.31. The molecule has 0 spiro atoms. The molecule has 150 valence electrons. The first-order valence-corrected chi connectivity index (χ1v) is 10.1. The van der Waals surface area contributed by atoms with Crippen LogP contribution in [0.5, 0.6) is 11.6 Å². The lowest BCUT2D eigenvalue weighted by atomic mass is 9.97. The van der Waals surface area contributed by atoms with Gasteiger partial charge in [-0.3, -0.25) is 0 Å². The SMILES string of the molecule is CC(c1ccccc1)c1cc(OCc2ccccc2)c(OCc2ccccc2)nn1. The van der Waals surface area contributed by atoms with Gasteiger partial charge in [-0.25, -0.2) is 0 Å². The van der Waals surface area contributed by atoms with Gasteiger partial charge < -0.3 is 9.47 Å². The van der Waals surface area contributed by atoms with Gasteiger partial charge in [-0.2, -0.15) is 5.10 Å². The van der Waals surface area contributed by atoms with Crippen molar-refractivity contribution < 1.29 is 9.47 Å². The first-order chi connectivity index (χ1) is 14.8. The minimum absolute atomic E-state index is 0.0981. The average molecular weight is 396 g/mol. The Kier molecular flexibility index (Phi) is 6.35. The number of ether oxygens (including phenoxy) is 2. The number of nitrogens with zero attached hydrogens (tertiary/aromatic N) is 2. The maximum Gasteiger partial charge on any atom is 0.276 e. The second-order valence-electron chi connectivity index (χ2n) is 7.12. The van der Waals surface area contributed by atoms with Crippen molar-refractivity contribution in [3.05, 3.63) is 119 Å². The molecule has 1 atom stereocenters. The second-order valence-corrected chi connectivity index (χ2v) is 7.12. The van der Waals surface area contributed by atoms with E-state index in [1.165, 1.54) is 5.56 Å². The van der Waals surface area contributed by atoms with E-state index in [-0.39, 0.29) is 5.92 Å². The van der Waals surface area contributed by atoms with Gasteiger partial charge in [0.1, 0.15) is 13.2 Å². The Balaban J connectivity index is 1.57. The van der Waals surface area contributed by atoms with E-state index in [1.807, 2.05) is 84.9 Å². The molecular weight excluding hydrogens is 372 g/mol. The van der Waals surface area contributed by atoms with E-state index in [0.717, 1.165) is 16.8 Å². The average Bonchev–Trinajstić information content (AvgIpc) is 2.83. The number of benzene rings is 3. The predicted molar refractivity (Wildman–Crippen MR) is 118 cm³/mol. The molecule has 4 nitrogen and oxygen atoms in total. The Bertz CT molecular complexity index is 1050. The molecule has 0 aliphatic rings. The molecule has 0 saturated carbocycles. The van der Waals surface area contributed by atoms with E-state index in [1.54, 1.807) is 0 Å². The highest BCUT2D eigenvalue weighted by Gasteiger charge is 2.16. The van der Waals surface area contributed by atoms with Crippen molar-refractivity contribution in [2.24, 2.45) is 0 Å². The maximum absolute atomic E-state index is 6.11. The van der Waals surface area contributed by atoms with Gasteiger partial charge in [-0.05, 0) is 16.7 Å². The second kappa shape index (κ2) is 9.70. The molecule has 3 aromatic carbocycles. The van der Waals surface area contributed by atoms with Crippen molar-refractivity contribution in [3.8, 4) is 11.6 Å². The van der Waals surface area contributed by atoms with Gasteiger partial charge in [-0.15, -0.1) is 5.10 Å². The van der Waals surface area contributed by atoms with Gasteiger partial charge in [0.05, 0.1) is 5.69 Å². The zero-order valence-electron chi connectivity index (χ0n) is 16.9. The summed E-state index contributed by atoms with van der Waals surface area (Å²) in [6.07, 6.45) is 0. The van der Waals surface area contributed by atoms with Crippen LogP contribution in [0.3, 0.4) is 0 Å². The maximum atomic E-state index is 6.11. The Labute approximate surface area is 177 Å². The summed E-state index contributed by atoms with van der Waals surface area (Å²) in [6, 6.07) is 32.3.